The van der Waals surface area contributed by atoms with Crippen molar-refractivity contribution in [2.24, 2.45) is 0 Å². The third-order valence-corrected chi connectivity index (χ3v) is 6.30. The van der Waals surface area contributed by atoms with E-state index in [1.165, 1.54) is 0 Å². The maximum absolute atomic E-state index is 12.7. The Hall–Kier alpha value is -2.84. The first kappa shape index (κ1) is 19.5. The van der Waals surface area contributed by atoms with E-state index in [4.69, 9.17) is 0 Å². The number of urea groups is 1. The van der Waals surface area contributed by atoms with Gasteiger partial charge in [0.1, 0.15) is 5.03 Å². The zero-order valence-corrected chi connectivity index (χ0v) is 17.3. The molecule has 0 bridgehead atoms. The number of benzene rings is 1. The summed E-state index contributed by atoms with van der Waals surface area (Å²) in [5.41, 5.74) is 2.43. The van der Waals surface area contributed by atoms with Gasteiger partial charge in [-0.3, -0.25) is 9.69 Å². The SMILES string of the molecule is O=C(Cc1ccc(NC(=O)N2CCSc3ncccc32)cc1)NCc1cccs1. The van der Waals surface area contributed by atoms with E-state index in [0.29, 0.717) is 25.2 Å². The molecule has 6 nitrogen and oxygen atoms in total. The quantitative estimate of drug-likeness (QED) is 0.645. The van der Waals surface area contributed by atoms with Crippen LogP contribution in [0.2, 0.25) is 0 Å². The van der Waals surface area contributed by atoms with E-state index in [-0.39, 0.29) is 11.9 Å². The summed E-state index contributed by atoms with van der Waals surface area (Å²) in [5.74, 6) is 0.793. The lowest BCUT2D eigenvalue weighted by atomic mass is 10.1. The molecule has 8 heteroatoms. The van der Waals surface area contributed by atoms with Crippen molar-refractivity contribution in [1.82, 2.24) is 10.3 Å². The lowest BCUT2D eigenvalue weighted by Crippen LogP contribution is -2.38. The van der Waals surface area contributed by atoms with Crippen molar-refractivity contribution in [2.45, 2.75) is 18.0 Å². The Morgan fingerprint density at radius 1 is 1.10 bits per heavy atom. The van der Waals surface area contributed by atoms with Gasteiger partial charge in [-0.2, -0.15) is 0 Å². The number of rotatable bonds is 5. The average Bonchev–Trinajstić information content (AvgIpc) is 3.27. The van der Waals surface area contributed by atoms with Gasteiger partial charge in [-0.15, -0.1) is 23.1 Å². The highest BCUT2D eigenvalue weighted by atomic mass is 32.2. The third-order valence-electron chi connectivity index (χ3n) is 4.45. The first-order valence-electron chi connectivity index (χ1n) is 9.23. The largest absolute Gasteiger partial charge is 0.351 e. The van der Waals surface area contributed by atoms with E-state index in [2.05, 4.69) is 15.6 Å². The number of hydrogen-bond donors (Lipinski definition) is 2. The van der Waals surface area contributed by atoms with Crippen LogP contribution in [0.3, 0.4) is 0 Å². The van der Waals surface area contributed by atoms with E-state index < -0.39 is 0 Å². The van der Waals surface area contributed by atoms with E-state index in [0.717, 1.165) is 26.9 Å². The molecule has 29 heavy (non-hydrogen) atoms. The fraction of sp³-hybridized carbons (Fsp3) is 0.190. The Balaban J connectivity index is 1.32. The number of carbonyl (C=O) groups is 2. The molecule has 4 rings (SSSR count). The maximum atomic E-state index is 12.7. The van der Waals surface area contributed by atoms with Crippen LogP contribution in [0.15, 0.2) is 65.1 Å². The second-order valence-electron chi connectivity index (χ2n) is 6.49. The van der Waals surface area contributed by atoms with Gasteiger partial charge in [0.25, 0.3) is 0 Å². The summed E-state index contributed by atoms with van der Waals surface area (Å²) in [6.07, 6.45) is 2.05. The zero-order valence-electron chi connectivity index (χ0n) is 15.6. The summed E-state index contributed by atoms with van der Waals surface area (Å²) in [6.45, 7) is 1.19. The van der Waals surface area contributed by atoms with E-state index in [1.54, 1.807) is 34.2 Å². The number of aromatic nitrogens is 1. The highest BCUT2D eigenvalue weighted by molar-refractivity contribution is 7.99. The van der Waals surface area contributed by atoms with Gasteiger partial charge >= 0.3 is 6.03 Å². The molecule has 1 aromatic carbocycles. The third kappa shape index (κ3) is 4.96. The molecule has 2 aromatic heterocycles. The molecule has 2 N–H and O–H groups in total. The molecular weight excluding hydrogens is 404 g/mol. The molecule has 0 fully saturated rings. The standard InChI is InChI=1S/C21H20N4O2S2/c26-19(23-14-17-3-2-11-28-17)13-15-5-7-16(8-6-15)24-21(27)25-10-12-29-20-18(25)4-1-9-22-20/h1-9,11H,10,12-14H2,(H,23,26)(H,24,27). The molecule has 1 aliphatic rings. The highest BCUT2D eigenvalue weighted by Gasteiger charge is 2.23. The van der Waals surface area contributed by atoms with Crippen LogP contribution in [0.4, 0.5) is 16.2 Å². The molecule has 148 valence electrons. The fourth-order valence-corrected chi connectivity index (χ4v) is 4.58. The Bertz CT molecular complexity index is 990. The predicted molar refractivity (Wildman–Crippen MR) is 118 cm³/mol. The number of nitrogens with one attached hydrogen (secondary N) is 2. The predicted octanol–water partition coefficient (Wildman–Crippen LogP) is 4.15. The van der Waals surface area contributed by atoms with E-state index in [1.807, 2.05) is 53.9 Å². The van der Waals surface area contributed by atoms with E-state index >= 15 is 0 Å². The minimum atomic E-state index is -0.180. The molecule has 3 amide bonds. The number of carbonyl (C=O) groups excluding carboxylic acids is 2. The maximum Gasteiger partial charge on any atom is 0.326 e. The number of thiophene rings is 1. The molecule has 1 aliphatic heterocycles. The van der Waals surface area contributed by atoms with E-state index in [9.17, 15) is 9.59 Å². The zero-order chi connectivity index (χ0) is 20.1. The Morgan fingerprint density at radius 3 is 2.76 bits per heavy atom. The topological polar surface area (TPSA) is 74.3 Å². The number of anilines is 2. The number of amides is 3. The van der Waals surface area contributed by atoms with Gasteiger partial charge in [0, 0.05) is 29.1 Å². The van der Waals surface area contributed by atoms with Crippen molar-refractivity contribution < 1.29 is 9.59 Å². The molecule has 0 radical (unpaired) electrons. The Morgan fingerprint density at radius 2 is 1.97 bits per heavy atom. The van der Waals surface area contributed by atoms with Gasteiger partial charge in [-0.1, -0.05) is 18.2 Å². The summed E-state index contributed by atoms with van der Waals surface area (Å²) in [7, 11) is 0. The fourth-order valence-electron chi connectivity index (χ4n) is 3.01. The Kier molecular flexibility index (Phi) is 6.12. The molecule has 0 saturated carbocycles. The monoisotopic (exact) mass is 424 g/mol. The first-order valence-corrected chi connectivity index (χ1v) is 11.1. The molecule has 3 heterocycles. The molecule has 0 unspecified atom stereocenters. The van der Waals surface area contributed by atoms with Crippen molar-refractivity contribution in [3.05, 3.63) is 70.5 Å². The first-order chi connectivity index (χ1) is 14.2. The van der Waals surface area contributed by atoms with Gasteiger partial charge < -0.3 is 10.6 Å². The molecule has 3 aromatic rings. The van der Waals surface area contributed by atoms with Crippen LogP contribution in [0.1, 0.15) is 10.4 Å². The van der Waals surface area contributed by atoms with Crippen molar-refractivity contribution in [1.29, 1.82) is 0 Å². The van der Waals surface area contributed by atoms with Crippen LogP contribution < -0.4 is 15.5 Å². The minimum absolute atomic E-state index is 0.0230. The number of fused-ring (bicyclic) bond motifs is 1. The average molecular weight is 425 g/mol. The number of hydrogen-bond acceptors (Lipinski definition) is 5. The van der Waals surface area contributed by atoms with Crippen molar-refractivity contribution in [3.8, 4) is 0 Å². The summed E-state index contributed by atoms with van der Waals surface area (Å²) in [6, 6.07) is 14.9. The van der Waals surface area contributed by atoms with Gasteiger partial charge in [-0.05, 0) is 41.3 Å². The van der Waals surface area contributed by atoms with Crippen LogP contribution in [0, 0.1) is 0 Å². The Labute approximate surface area is 177 Å². The van der Waals surface area contributed by atoms with Crippen LogP contribution in [0.25, 0.3) is 0 Å². The second-order valence-corrected chi connectivity index (χ2v) is 8.60. The normalized spacial score (nSPS) is 12.9. The molecule has 0 saturated heterocycles. The van der Waals surface area contributed by atoms with Crippen molar-refractivity contribution >= 4 is 46.4 Å². The minimum Gasteiger partial charge on any atom is -0.351 e. The molecule has 0 aliphatic carbocycles. The summed E-state index contributed by atoms with van der Waals surface area (Å²) in [4.78, 5) is 32.0. The summed E-state index contributed by atoms with van der Waals surface area (Å²) < 4.78 is 0. The smallest absolute Gasteiger partial charge is 0.326 e. The van der Waals surface area contributed by atoms with Gasteiger partial charge in [0.2, 0.25) is 5.91 Å². The molecule has 0 spiro atoms. The second kappa shape index (κ2) is 9.11. The summed E-state index contributed by atoms with van der Waals surface area (Å²) in [5, 5.41) is 8.71. The van der Waals surface area contributed by atoms with Crippen LogP contribution in [0.5, 0.6) is 0 Å². The van der Waals surface area contributed by atoms with Crippen LogP contribution >= 0.6 is 23.1 Å². The lowest BCUT2D eigenvalue weighted by Gasteiger charge is -2.28. The molecular formula is C21H20N4O2S2. The summed E-state index contributed by atoms with van der Waals surface area (Å²) >= 11 is 3.28. The van der Waals surface area contributed by atoms with Crippen molar-refractivity contribution in [3.63, 3.8) is 0 Å². The van der Waals surface area contributed by atoms with Crippen molar-refractivity contribution in [2.75, 3.05) is 22.5 Å². The lowest BCUT2D eigenvalue weighted by molar-refractivity contribution is -0.120. The number of thioether (sulfide) groups is 1. The molecule has 0 atom stereocenters. The van der Waals surface area contributed by atoms with Gasteiger partial charge in [0.05, 0.1) is 18.7 Å². The number of nitrogens with zero attached hydrogens (tertiary/aromatic N) is 2. The van der Waals surface area contributed by atoms with Gasteiger partial charge in [0.15, 0.2) is 0 Å². The highest BCUT2D eigenvalue weighted by Crippen LogP contribution is 2.32. The van der Waals surface area contributed by atoms with Gasteiger partial charge in [-0.25, -0.2) is 9.78 Å². The number of pyridine rings is 1. The van der Waals surface area contributed by atoms with Crippen LogP contribution in [-0.2, 0) is 17.8 Å². The van der Waals surface area contributed by atoms with Crippen LogP contribution in [-0.4, -0.2) is 29.2 Å².